The number of para-hydroxylation sites is 4. The first-order valence-electron chi connectivity index (χ1n) is 19.5. The number of benzene rings is 7. The van der Waals surface area contributed by atoms with Gasteiger partial charge in [-0.3, -0.25) is 14.8 Å². The molecule has 0 saturated carbocycles. The smallest absolute Gasteiger partial charge is 0.235 e. The molecule has 58 heavy (non-hydrogen) atoms. The molecule has 6 nitrogen and oxygen atoms in total. The second kappa shape index (κ2) is 14.8. The van der Waals surface area contributed by atoms with Crippen molar-refractivity contribution in [2.75, 3.05) is 9.80 Å². The first kappa shape index (κ1) is 34.8. The molecule has 2 aliphatic rings. The topological polar surface area (TPSA) is 57.0 Å². The minimum Gasteiger partial charge on any atom is -0.294 e. The van der Waals surface area contributed by atoms with Gasteiger partial charge >= 0.3 is 0 Å². The predicted octanol–water partition coefficient (Wildman–Crippen LogP) is 13.1. The Balaban J connectivity index is 1.11. The highest BCUT2D eigenvalue weighted by molar-refractivity contribution is 6.24. The van der Waals surface area contributed by atoms with Crippen LogP contribution in [0.2, 0.25) is 0 Å². The molecule has 0 amide bonds. The summed E-state index contributed by atoms with van der Waals surface area (Å²) in [5, 5.41) is 1.01. The third-order valence-electron chi connectivity index (χ3n) is 10.8. The monoisotopic (exact) mass is 746 g/mol. The maximum atomic E-state index is 5.28. The molecule has 7 aromatic carbocycles. The van der Waals surface area contributed by atoms with Crippen LogP contribution in [0.3, 0.4) is 0 Å². The normalized spacial score (nSPS) is 13.2. The molecule has 0 fully saturated rings. The second-order valence-electron chi connectivity index (χ2n) is 14.4. The van der Waals surface area contributed by atoms with Gasteiger partial charge in [0.05, 0.1) is 34.0 Å². The summed E-state index contributed by atoms with van der Waals surface area (Å²) >= 11 is 0. The van der Waals surface area contributed by atoms with E-state index in [1.165, 1.54) is 5.56 Å². The van der Waals surface area contributed by atoms with E-state index in [4.69, 9.17) is 20.0 Å². The Kier molecular flexibility index (Phi) is 8.84. The fourth-order valence-electron chi connectivity index (χ4n) is 8.09. The second-order valence-corrected chi connectivity index (χ2v) is 14.4. The third-order valence-corrected chi connectivity index (χ3v) is 10.8. The van der Waals surface area contributed by atoms with Crippen molar-refractivity contribution in [3.63, 3.8) is 0 Å². The number of allylic oxidation sites excluding steroid dienone is 1. The zero-order chi connectivity index (χ0) is 39.0. The minimum absolute atomic E-state index is 0.609. The van der Waals surface area contributed by atoms with Crippen LogP contribution < -0.4 is 9.80 Å². The van der Waals surface area contributed by atoms with Crippen molar-refractivity contribution < 1.29 is 0 Å². The van der Waals surface area contributed by atoms with E-state index in [0.29, 0.717) is 5.95 Å². The number of aryl methyl sites for hydroxylation is 1. The quantitative estimate of drug-likeness (QED) is 0.145. The van der Waals surface area contributed by atoms with Gasteiger partial charge in [-0.2, -0.15) is 0 Å². The standard InChI is InChI=1S/C52H38N6/c1-3-31-53-50-43-33-38(28-30-48(43)57(40-20-9-5-10-21-40)51-44(50)34-39-19-13-15-25-45(39)54-51)37-27-29-47(35(2)32-37)58(41-22-11-6-12-23-41)52-55-46-26-16-14-24-42(46)49(56-52)36-17-7-4-8-18-36/h3-33H,1,34H2,2H3/b53-31-. The highest BCUT2D eigenvalue weighted by Crippen LogP contribution is 2.47. The number of anilines is 5. The van der Waals surface area contributed by atoms with Crippen molar-refractivity contribution in [1.82, 2.24) is 9.97 Å². The average molecular weight is 747 g/mol. The molecule has 0 unspecified atom stereocenters. The van der Waals surface area contributed by atoms with Crippen molar-refractivity contribution in [1.29, 1.82) is 0 Å². The summed E-state index contributed by atoms with van der Waals surface area (Å²) in [7, 11) is 0. The van der Waals surface area contributed by atoms with Crippen molar-refractivity contribution in [2.24, 2.45) is 9.98 Å². The zero-order valence-corrected chi connectivity index (χ0v) is 32.0. The Hall–Kier alpha value is -7.70. The molecule has 1 aromatic heterocycles. The molecule has 2 aliphatic heterocycles. The maximum Gasteiger partial charge on any atom is 0.235 e. The Bertz CT molecular complexity index is 2950. The van der Waals surface area contributed by atoms with E-state index in [1.807, 2.05) is 36.4 Å². The van der Waals surface area contributed by atoms with E-state index >= 15 is 0 Å². The van der Waals surface area contributed by atoms with E-state index in [0.717, 1.165) is 96.4 Å². The lowest BCUT2D eigenvalue weighted by Crippen LogP contribution is -2.34. The first-order valence-corrected chi connectivity index (χ1v) is 19.5. The van der Waals surface area contributed by atoms with Crippen LogP contribution in [0.5, 0.6) is 0 Å². The summed E-state index contributed by atoms with van der Waals surface area (Å²) in [6.45, 7) is 6.11. The number of fused-ring (bicyclic) bond motifs is 4. The van der Waals surface area contributed by atoms with Gasteiger partial charge in [-0.1, -0.05) is 128 Å². The van der Waals surface area contributed by atoms with E-state index in [-0.39, 0.29) is 0 Å². The molecule has 0 atom stereocenters. The Labute approximate surface area is 338 Å². The van der Waals surface area contributed by atoms with Crippen LogP contribution in [0.4, 0.5) is 34.4 Å². The van der Waals surface area contributed by atoms with Crippen LogP contribution in [0.15, 0.2) is 204 Å². The fraction of sp³-hybridized carbons (Fsp3) is 0.0385. The number of amidine groups is 1. The SMILES string of the molecule is C=C/C=N\C1=C2Cc3ccccc3N=C2N(c2ccccc2)c2ccc(-c3ccc(N(c4ccccc4)c4nc(-c5ccccc5)c5ccccc5n4)c(C)c3)cc21. The number of aromatic nitrogens is 2. The molecule has 8 aromatic rings. The maximum absolute atomic E-state index is 5.28. The fourth-order valence-corrected chi connectivity index (χ4v) is 8.09. The lowest BCUT2D eigenvalue weighted by molar-refractivity contribution is 1.10. The molecule has 0 saturated heterocycles. The summed E-state index contributed by atoms with van der Waals surface area (Å²) < 4.78 is 0. The molecule has 276 valence electrons. The Morgan fingerprint density at radius 1 is 0.672 bits per heavy atom. The van der Waals surface area contributed by atoms with Crippen molar-refractivity contribution in [3.05, 3.63) is 211 Å². The Morgan fingerprint density at radius 2 is 1.36 bits per heavy atom. The van der Waals surface area contributed by atoms with Gasteiger partial charge < -0.3 is 0 Å². The van der Waals surface area contributed by atoms with Crippen molar-refractivity contribution >= 4 is 63.0 Å². The summed E-state index contributed by atoms with van der Waals surface area (Å²) in [4.78, 5) is 25.2. The Morgan fingerprint density at radius 3 is 2.16 bits per heavy atom. The van der Waals surface area contributed by atoms with Gasteiger partial charge in [0.15, 0.2) is 0 Å². The summed E-state index contributed by atoms with van der Waals surface area (Å²) in [6.07, 6.45) is 4.24. The summed E-state index contributed by atoms with van der Waals surface area (Å²) in [6, 6.07) is 61.1. The van der Waals surface area contributed by atoms with Gasteiger partial charge in [0.1, 0.15) is 5.84 Å². The largest absolute Gasteiger partial charge is 0.294 e. The number of nitrogens with zero attached hydrogens (tertiary/aromatic N) is 6. The van der Waals surface area contributed by atoms with E-state index < -0.39 is 0 Å². The van der Waals surface area contributed by atoms with Gasteiger partial charge in [0.2, 0.25) is 5.95 Å². The number of hydrogen-bond donors (Lipinski definition) is 0. The molecule has 0 aliphatic carbocycles. The lowest BCUT2D eigenvalue weighted by atomic mass is 9.88. The molecule has 0 spiro atoms. The van der Waals surface area contributed by atoms with Gasteiger partial charge in [-0.15, -0.1) is 0 Å². The molecule has 6 heteroatoms. The van der Waals surface area contributed by atoms with Gasteiger partial charge in [-0.05, 0) is 89.8 Å². The van der Waals surface area contributed by atoms with Gasteiger partial charge in [0, 0.05) is 46.1 Å². The molecule has 0 radical (unpaired) electrons. The van der Waals surface area contributed by atoms with Crippen LogP contribution in [-0.4, -0.2) is 22.0 Å². The van der Waals surface area contributed by atoms with Crippen molar-refractivity contribution in [2.45, 2.75) is 13.3 Å². The van der Waals surface area contributed by atoms with Crippen molar-refractivity contribution in [3.8, 4) is 22.4 Å². The number of aliphatic imine (C=N–C) groups is 2. The molecular formula is C52H38N6. The zero-order valence-electron chi connectivity index (χ0n) is 32.0. The lowest BCUT2D eigenvalue weighted by Gasteiger charge is -2.36. The van der Waals surface area contributed by atoms with Crippen LogP contribution in [0.25, 0.3) is 39.0 Å². The van der Waals surface area contributed by atoms with Crippen LogP contribution >= 0.6 is 0 Å². The molecule has 3 heterocycles. The molecular weight excluding hydrogens is 709 g/mol. The van der Waals surface area contributed by atoms with E-state index in [2.05, 4.69) is 163 Å². The van der Waals surface area contributed by atoms with Gasteiger partial charge in [-0.25, -0.2) is 15.0 Å². The average Bonchev–Trinajstić information content (AvgIpc) is 3.28. The number of hydrogen-bond acceptors (Lipinski definition) is 6. The van der Waals surface area contributed by atoms with Crippen LogP contribution in [0.1, 0.15) is 16.7 Å². The van der Waals surface area contributed by atoms with Crippen LogP contribution in [0, 0.1) is 6.92 Å². The molecule has 0 N–H and O–H groups in total. The van der Waals surface area contributed by atoms with E-state index in [1.54, 1.807) is 12.3 Å². The highest BCUT2D eigenvalue weighted by atomic mass is 15.3. The summed E-state index contributed by atoms with van der Waals surface area (Å²) in [5.74, 6) is 1.51. The molecule has 0 bridgehead atoms. The van der Waals surface area contributed by atoms with Crippen LogP contribution in [-0.2, 0) is 6.42 Å². The summed E-state index contributed by atoms with van der Waals surface area (Å²) in [5.41, 5.74) is 15.3. The predicted molar refractivity (Wildman–Crippen MR) is 241 cm³/mol. The third kappa shape index (κ3) is 6.17. The molecule has 10 rings (SSSR count). The number of rotatable bonds is 8. The highest BCUT2D eigenvalue weighted by Gasteiger charge is 2.34. The minimum atomic E-state index is 0.609. The van der Waals surface area contributed by atoms with Gasteiger partial charge in [0.25, 0.3) is 0 Å². The van der Waals surface area contributed by atoms with E-state index in [9.17, 15) is 0 Å². The first-order chi connectivity index (χ1) is 28.6.